The molecule has 0 unspecified atom stereocenters. The molecule has 10 heteroatoms. The molecule has 3 aliphatic rings. The maximum Gasteiger partial charge on any atom is 0.407 e. The summed E-state index contributed by atoms with van der Waals surface area (Å²) in [5.41, 5.74) is -1.96. The number of aliphatic carboxylic acids is 1. The molecule has 0 aromatic rings. The van der Waals surface area contributed by atoms with Crippen LogP contribution in [0.4, 0.5) is 4.79 Å². The van der Waals surface area contributed by atoms with Crippen molar-refractivity contribution in [1.29, 1.82) is 0 Å². The highest BCUT2D eigenvalue weighted by molar-refractivity contribution is 5.87. The number of methoxy groups -OCH3 is 1. The van der Waals surface area contributed by atoms with Crippen LogP contribution < -0.4 is 5.32 Å². The van der Waals surface area contributed by atoms with Crippen molar-refractivity contribution in [2.45, 2.75) is 69.4 Å². The van der Waals surface area contributed by atoms with Crippen LogP contribution in [0.5, 0.6) is 0 Å². The Morgan fingerprint density at radius 2 is 1.76 bits per heavy atom. The van der Waals surface area contributed by atoms with Gasteiger partial charge in [0.25, 0.3) is 0 Å². The number of ether oxygens (including phenoxy) is 6. The lowest BCUT2D eigenvalue weighted by Gasteiger charge is -2.36. The molecule has 5 atom stereocenters. The number of carbonyl (C=O) groups excluding carboxylic acids is 1. The van der Waals surface area contributed by atoms with Gasteiger partial charge in [-0.2, -0.15) is 0 Å². The highest BCUT2D eigenvalue weighted by Gasteiger charge is 2.71. The molecule has 3 saturated heterocycles. The summed E-state index contributed by atoms with van der Waals surface area (Å²) in [6.07, 6.45) is -4.85. The molecule has 3 heterocycles. The number of hydrogen-bond acceptors (Lipinski definition) is 8. The zero-order valence-electron chi connectivity index (χ0n) is 14.7. The molecule has 3 rings (SSSR count). The molecule has 1 amide bonds. The van der Waals surface area contributed by atoms with Gasteiger partial charge < -0.3 is 38.8 Å². The van der Waals surface area contributed by atoms with Crippen LogP contribution in [-0.2, 0) is 33.2 Å². The maximum absolute atomic E-state index is 12.3. The van der Waals surface area contributed by atoms with Crippen molar-refractivity contribution in [3.63, 3.8) is 0 Å². The normalized spacial score (nSPS) is 41.3. The van der Waals surface area contributed by atoms with E-state index in [1.165, 1.54) is 0 Å². The highest BCUT2D eigenvalue weighted by atomic mass is 16.8. The molecule has 0 saturated carbocycles. The number of carboxylic acid groups (broad SMARTS) is 1. The second kappa shape index (κ2) is 5.78. The Bertz CT molecular complexity index is 577. The second-order valence-electron chi connectivity index (χ2n) is 7.14. The summed E-state index contributed by atoms with van der Waals surface area (Å²) >= 11 is 0. The number of nitrogens with one attached hydrogen (secondary N) is 1. The molecule has 0 aromatic heterocycles. The number of rotatable bonds is 3. The summed E-state index contributed by atoms with van der Waals surface area (Å²) in [4.78, 5) is 24.2. The molecule has 3 aliphatic heterocycles. The number of fused-ring (bicyclic) bond motifs is 1. The van der Waals surface area contributed by atoms with Crippen LogP contribution in [0.15, 0.2) is 0 Å². The fraction of sp³-hybridized carbons (Fsp3) is 0.867. The van der Waals surface area contributed by atoms with Crippen molar-refractivity contribution in [2.75, 3.05) is 13.7 Å². The second-order valence-corrected chi connectivity index (χ2v) is 7.14. The van der Waals surface area contributed by atoms with Crippen molar-refractivity contribution in [1.82, 2.24) is 5.32 Å². The van der Waals surface area contributed by atoms with Crippen LogP contribution in [0, 0.1) is 0 Å². The molecule has 142 valence electrons. The number of carboxylic acids is 1. The van der Waals surface area contributed by atoms with Gasteiger partial charge in [-0.3, -0.25) is 0 Å². The van der Waals surface area contributed by atoms with E-state index in [2.05, 4.69) is 10.1 Å². The largest absolute Gasteiger partial charge is 0.479 e. The van der Waals surface area contributed by atoms with Gasteiger partial charge in [-0.15, -0.1) is 0 Å². The van der Waals surface area contributed by atoms with E-state index < -0.39 is 53.8 Å². The summed E-state index contributed by atoms with van der Waals surface area (Å²) < 4.78 is 33.1. The van der Waals surface area contributed by atoms with E-state index in [1.54, 1.807) is 27.7 Å². The number of amides is 1. The summed E-state index contributed by atoms with van der Waals surface area (Å²) in [6, 6.07) is 0. The van der Waals surface area contributed by atoms with Crippen molar-refractivity contribution in [3.05, 3.63) is 0 Å². The van der Waals surface area contributed by atoms with Crippen LogP contribution in [0.1, 0.15) is 27.7 Å². The molecule has 10 nitrogen and oxygen atoms in total. The number of hydrogen-bond donors (Lipinski definition) is 2. The Hall–Kier alpha value is -1.46. The molecular weight excluding hydrogens is 338 g/mol. The van der Waals surface area contributed by atoms with Crippen LogP contribution in [0.25, 0.3) is 0 Å². The van der Waals surface area contributed by atoms with Crippen LogP contribution in [0.2, 0.25) is 0 Å². The quantitative estimate of drug-likeness (QED) is 0.725. The molecule has 3 fully saturated rings. The van der Waals surface area contributed by atoms with E-state index in [4.69, 9.17) is 23.7 Å². The Morgan fingerprint density at radius 1 is 1.08 bits per heavy atom. The SMILES string of the molecule is COC(=O)N[C@@]1(C(=O)O)[C@@H]([C@H]2COC(C)(C)O2)O[C@@H]2OC(C)(C)O[C@@H]21. The molecule has 0 spiro atoms. The van der Waals surface area contributed by atoms with Gasteiger partial charge in [0.15, 0.2) is 17.9 Å². The molecule has 0 aromatic carbocycles. The van der Waals surface area contributed by atoms with Gasteiger partial charge >= 0.3 is 12.1 Å². The van der Waals surface area contributed by atoms with Crippen molar-refractivity contribution < 1.29 is 43.1 Å². The van der Waals surface area contributed by atoms with Crippen molar-refractivity contribution in [2.24, 2.45) is 0 Å². The minimum absolute atomic E-state index is 0.0956. The van der Waals surface area contributed by atoms with Gasteiger partial charge in [0.05, 0.1) is 13.7 Å². The standard InChI is InChI=1S/C15H23NO9/c1-13(2)21-6-7(23-13)8-15(11(17)18,16-12(19)20-5)9-10(22-8)25-14(3,4)24-9/h7-10H,6H2,1-5H3,(H,16,19)(H,17,18)/t7-,8-,9+,10-,15+/m1/s1. The Labute approximate surface area is 144 Å². The van der Waals surface area contributed by atoms with Gasteiger partial charge in [-0.05, 0) is 27.7 Å². The highest BCUT2D eigenvalue weighted by Crippen LogP contribution is 2.46. The summed E-state index contributed by atoms with van der Waals surface area (Å²) in [7, 11) is 1.14. The average Bonchev–Trinajstić information content (AvgIpc) is 3.08. The predicted octanol–water partition coefficient (Wildman–Crippen LogP) is 0.194. The van der Waals surface area contributed by atoms with Gasteiger partial charge in [0.1, 0.15) is 18.3 Å². The van der Waals surface area contributed by atoms with Crippen molar-refractivity contribution >= 4 is 12.1 Å². The molecule has 0 radical (unpaired) electrons. The Kier molecular flexibility index (Phi) is 4.24. The third-order valence-electron chi connectivity index (χ3n) is 4.45. The molecular formula is C15H23NO9. The summed E-state index contributed by atoms with van der Waals surface area (Å²) in [5, 5.41) is 12.4. The van der Waals surface area contributed by atoms with Gasteiger partial charge in [0, 0.05) is 0 Å². The van der Waals surface area contributed by atoms with Crippen molar-refractivity contribution in [3.8, 4) is 0 Å². The lowest BCUT2D eigenvalue weighted by molar-refractivity contribution is -0.231. The Morgan fingerprint density at radius 3 is 2.28 bits per heavy atom. The predicted molar refractivity (Wildman–Crippen MR) is 79.5 cm³/mol. The topological polar surface area (TPSA) is 122 Å². The van der Waals surface area contributed by atoms with E-state index in [-0.39, 0.29) is 6.61 Å². The van der Waals surface area contributed by atoms with E-state index >= 15 is 0 Å². The fourth-order valence-electron chi connectivity index (χ4n) is 3.46. The molecule has 25 heavy (non-hydrogen) atoms. The first-order valence-corrected chi connectivity index (χ1v) is 7.93. The monoisotopic (exact) mass is 361 g/mol. The van der Waals surface area contributed by atoms with Crippen LogP contribution in [-0.4, -0.2) is 72.6 Å². The van der Waals surface area contributed by atoms with Crippen LogP contribution in [0.3, 0.4) is 0 Å². The molecule has 0 aliphatic carbocycles. The third kappa shape index (κ3) is 2.97. The van der Waals surface area contributed by atoms with Crippen LogP contribution >= 0.6 is 0 Å². The first-order valence-electron chi connectivity index (χ1n) is 7.93. The number of carbonyl (C=O) groups is 2. The summed E-state index contributed by atoms with van der Waals surface area (Å²) in [5.74, 6) is -3.31. The fourth-order valence-corrected chi connectivity index (χ4v) is 3.46. The smallest absolute Gasteiger partial charge is 0.407 e. The van der Waals surface area contributed by atoms with E-state index in [0.29, 0.717) is 0 Å². The number of alkyl carbamates (subject to hydrolysis) is 1. The third-order valence-corrected chi connectivity index (χ3v) is 4.45. The summed E-state index contributed by atoms with van der Waals surface area (Å²) in [6.45, 7) is 6.77. The minimum Gasteiger partial charge on any atom is -0.479 e. The maximum atomic E-state index is 12.3. The zero-order chi connectivity index (χ0) is 18.6. The average molecular weight is 361 g/mol. The molecule has 2 N–H and O–H groups in total. The van der Waals surface area contributed by atoms with Gasteiger partial charge in [-0.25, -0.2) is 9.59 Å². The van der Waals surface area contributed by atoms with E-state index in [0.717, 1.165) is 7.11 Å². The van der Waals surface area contributed by atoms with Gasteiger partial charge in [0.2, 0.25) is 5.54 Å². The van der Waals surface area contributed by atoms with E-state index in [1.807, 2.05) is 0 Å². The first kappa shape index (κ1) is 18.3. The first-order chi connectivity index (χ1) is 11.5. The Balaban J connectivity index is 1.99. The zero-order valence-corrected chi connectivity index (χ0v) is 14.7. The lowest BCUT2D eigenvalue weighted by Crippen LogP contribution is -2.69. The minimum atomic E-state index is -1.96. The van der Waals surface area contributed by atoms with E-state index in [9.17, 15) is 14.7 Å². The lowest BCUT2D eigenvalue weighted by atomic mass is 9.85. The molecule has 0 bridgehead atoms. The van der Waals surface area contributed by atoms with Gasteiger partial charge in [-0.1, -0.05) is 0 Å².